The number of ketones is 1. The molecule has 0 saturated carbocycles. The molecule has 64 valence electrons. The highest BCUT2D eigenvalue weighted by molar-refractivity contribution is 5.95. The smallest absolute Gasteiger partial charge is 0.160 e. The van der Waals surface area contributed by atoms with Gasteiger partial charge in [0.2, 0.25) is 0 Å². The van der Waals surface area contributed by atoms with Gasteiger partial charge in [0.25, 0.3) is 0 Å². The maximum Gasteiger partial charge on any atom is 0.160 e. The van der Waals surface area contributed by atoms with Gasteiger partial charge in [-0.05, 0) is 24.6 Å². The van der Waals surface area contributed by atoms with Crippen molar-refractivity contribution in [2.45, 2.75) is 13.5 Å². The van der Waals surface area contributed by atoms with Gasteiger partial charge >= 0.3 is 0 Å². The van der Waals surface area contributed by atoms with Crippen molar-refractivity contribution in [2.24, 2.45) is 0 Å². The molecule has 0 unspecified atom stereocenters. The van der Waals surface area contributed by atoms with E-state index in [1.165, 1.54) is 19.1 Å². The van der Waals surface area contributed by atoms with Gasteiger partial charge in [0.05, 0.1) is 6.61 Å². The minimum Gasteiger partial charge on any atom is -0.392 e. The number of benzene rings is 1. The highest BCUT2D eigenvalue weighted by atomic mass is 19.1. The molecule has 1 aromatic carbocycles. The van der Waals surface area contributed by atoms with Crippen LogP contribution in [0.4, 0.5) is 4.39 Å². The van der Waals surface area contributed by atoms with Crippen LogP contribution < -0.4 is 0 Å². The number of aliphatic hydroxyl groups excluding tert-OH is 1. The van der Waals surface area contributed by atoms with Crippen molar-refractivity contribution in [2.75, 3.05) is 0 Å². The Hall–Kier alpha value is -1.22. The van der Waals surface area contributed by atoms with Crippen LogP contribution in [0, 0.1) is 5.82 Å². The second kappa shape index (κ2) is 3.45. The van der Waals surface area contributed by atoms with Gasteiger partial charge in [-0.25, -0.2) is 4.39 Å². The second-order valence-corrected chi connectivity index (χ2v) is 2.52. The zero-order chi connectivity index (χ0) is 9.14. The zero-order valence-corrected chi connectivity index (χ0v) is 6.67. The summed E-state index contributed by atoms with van der Waals surface area (Å²) in [4.78, 5) is 10.9. The number of Topliss-reactive ketones (excluding diaryl/α,β-unsaturated/α-hetero) is 1. The van der Waals surface area contributed by atoms with Crippen LogP contribution in [0.5, 0.6) is 0 Å². The van der Waals surface area contributed by atoms with Crippen molar-refractivity contribution < 1.29 is 14.3 Å². The number of rotatable bonds is 2. The molecule has 0 fully saturated rings. The van der Waals surface area contributed by atoms with E-state index in [9.17, 15) is 9.18 Å². The minimum atomic E-state index is -0.461. The summed E-state index contributed by atoms with van der Waals surface area (Å²) in [5, 5.41) is 8.78. The molecule has 1 N–H and O–H groups in total. The lowest BCUT2D eigenvalue weighted by atomic mass is 10.1. The van der Waals surface area contributed by atoms with E-state index in [0.29, 0.717) is 5.56 Å². The summed E-state index contributed by atoms with van der Waals surface area (Å²) in [6.45, 7) is 1.10. The Morgan fingerprint density at radius 3 is 2.75 bits per heavy atom. The Balaban J connectivity index is 3.21. The predicted octanol–water partition coefficient (Wildman–Crippen LogP) is 1.52. The number of hydrogen-bond donors (Lipinski definition) is 1. The first-order chi connectivity index (χ1) is 5.65. The molecule has 0 aromatic heterocycles. The number of halogens is 1. The molecule has 0 saturated heterocycles. The molecule has 0 amide bonds. The summed E-state index contributed by atoms with van der Waals surface area (Å²) in [7, 11) is 0. The van der Waals surface area contributed by atoms with Crippen molar-refractivity contribution in [3.8, 4) is 0 Å². The first-order valence-electron chi connectivity index (χ1n) is 3.55. The standard InChI is InChI=1S/C9H9FO2/c1-6(12)9-4-8(10)3-2-7(9)5-11/h2-4,11H,5H2,1H3. The zero-order valence-electron chi connectivity index (χ0n) is 6.67. The van der Waals surface area contributed by atoms with Gasteiger partial charge < -0.3 is 5.11 Å². The minimum absolute atomic E-state index is 0.237. The molecule has 1 rings (SSSR count). The monoisotopic (exact) mass is 168 g/mol. The maximum absolute atomic E-state index is 12.6. The van der Waals surface area contributed by atoms with Crippen molar-refractivity contribution in [3.63, 3.8) is 0 Å². The fourth-order valence-corrected chi connectivity index (χ4v) is 1.01. The van der Waals surface area contributed by atoms with Crippen LogP contribution in [0.2, 0.25) is 0 Å². The van der Waals surface area contributed by atoms with Crippen molar-refractivity contribution in [3.05, 3.63) is 35.1 Å². The largest absolute Gasteiger partial charge is 0.392 e. The van der Waals surface area contributed by atoms with Crippen LogP contribution >= 0.6 is 0 Å². The molecule has 0 atom stereocenters. The molecule has 0 aliphatic carbocycles. The van der Waals surface area contributed by atoms with Crippen LogP contribution in [0.15, 0.2) is 18.2 Å². The van der Waals surface area contributed by atoms with E-state index in [-0.39, 0.29) is 18.0 Å². The summed E-state index contributed by atoms with van der Waals surface area (Å²) in [5.41, 5.74) is 0.710. The summed E-state index contributed by atoms with van der Waals surface area (Å²) < 4.78 is 12.6. The van der Waals surface area contributed by atoms with E-state index in [1.54, 1.807) is 0 Å². The molecule has 0 radical (unpaired) electrons. The Labute approximate surface area is 69.6 Å². The first kappa shape index (κ1) is 8.87. The Bertz CT molecular complexity index is 307. The third-order valence-electron chi connectivity index (χ3n) is 1.62. The summed E-state index contributed by atoms with van der Waals surface area (Å²) in [6.07, 6.45) is 0. The van der Waals surface area contributed by atoms with Gasteiger partial charge in [0, 0.05) is 5.56 Å². The highest BCUT2D eigenvalue weighted by Gasteiger charge is 2.06. The molecule has 1 aromatic rings. The summed E-state index contributed by atoms with van der Waals surface area (Å²) in [5.74, 6) is -0.698. The average molecular weight is 168 g/mol. The van der Waals surface area contributed by atoms with Crippen LogP contribution in [-0.2, 0) is 6.61 Å². The SMILES string of the molecule is CC(=O)c1cc(F)ccc1CO. The van der Waals surface area contributed by atoms with E-state index < -0.39 is 5.82 Å². The maximum atomic E-state index is 12.6. The van der Waals surface area contributed by atoms with E-state index in [0.717, 1.165) is 6.07 Å². The lowest BCUT2D eigenvalue weighted by Crippen LogP contribution is -2.00. The Kier molecular flexibility index (Phi) is 2.55. The number of aliphatic hydroxyl groups is 1. The number of carbonyl (C=O) groups is 1. The van der Waals surface area contributed by atoms with Gasteiger partial charge in [0.1, 0.15) is 5.82 Å². The van der Waals surface area contributed by atoms with E-state index in [4.69, 9.17) is 5.11 Å². The van der Waals surface area contributed by atoms with Crippen LogP contribution in [0.25, 0.3) is 0 Å². The number of carbonyl (C=O) groups excluding carboxylic acids is 1. The van der Waals surface area contributed by atoms with E-state index in [1.807, 2.05) is 0 Å². The molecule has 12 heavy (non-hydrogen) atoms. The lowest BCUT2D eigenvalue weighted by Gasteiger charge is -2.02. The molecule has 2 nitrogen and oxygen atoms in total. The van der Waals surface area contributed by atoms with Crippen LogP contribution in [0.3, 0.4) is 0 Å². The van der Waals surface area contributed by atoms with Crippen molar-refractivity contribution in [1.29, 1.82) is 0 Å². The Morgan fingerprint density at radius 1 is 1.58 bits per heavy atom. The van der Waals surface area contributed by atoms with Gasteiger partial charge in [-0.1, -0.05) is 6.07 Å². The second-order valence-electron chi connectivity index (χ2n) is 2.52. The Morgan fingerprint density at radius 2 is 2.25 bits per heavy atom. The van der Waals surface area contributed by atoms with Gasteiger partial charge in [-0.3, -0.25) is 4.79 Å². The molecule has 0 bridgehead atoms. The fourth-order valence-electron chi connectivity index (χ4n) is 1.01. The summed E-state index contributed by atoms with van der Waals surface area (Å²) in [6, 6.07) is 3.76. The third kappa shape index (κ3) is 1.68. The summed E-state index contributed by atoms with van der Waals surface area (Å²) >= 11 is 0. The van der Waals surface area contributed by atoms with Crippen LogP contribution in [0.1, 0.15) is 22.8 Å². The topological polar surface area (TPSA) is 37.3 Å². The average Bonchev–Trinajstić information content (AvgIpc) is 2.04. The first-order valence-corrected chi connectivity index (χ1v) is 3.55. The van der Waals surface area contributed by atoms with Crippen molar-refractivity contribution >= 4 is 5.78 Å². The molecule has 0 aliphatic heterocycles. The van der Waals surface area contributed by atoms with Gasteiger partial charge in [-0.2, -0.15) is 0 Å². The quantitative estimate of drug-likeness (QED) is 0.680. The lowest BCUT2D eigenvalue weighted by molar-refractivity contribution is 0.101. The molecule has 3 heteroatoms. The van der Waals surface area contributed by atoms with Gasteiger partial charge in [0.15, 0.2) is 5.78 Å². The highest BCUT2D eigenvalue weighted by Crippen LogP contribution is 2.11. The normalized spacial score (nSPS) is 9.92. The third-order valence-corrected chi connectivity index (χ3v) is 1.62. The van der Waals surface area contributed by atoms with E-state index in [2.05, 4.69) is 0 Å². The van der Waals surface area contributed by atoms with Crippen molar-refractivity contribution in [1.82, 2.24) is 0 Å². The molecule has 0 aliphatic rings. The molecule has 0 spiro atoms. The number of hydrogen-bond acceptors (Lipinski definition) is 2. The van der Waals surface area contributed by atoms with Crippen LogP contribution in [-0.4, -0.2) is 10.9 Å². The fraction of sp³-hybridized carbons (Fsp3) is 0.222. The predicted molar refractivity (Wildman–Crippen MR) is 42.3 cm³/mol. The molecular weight excluding hydrogens is 159 g/mol. The van der Waals surface area contributed by atoms with E-state index >= 15 is 0 Å². The van der Waals surface area contributed by atoms with Gasteiger partial charge in [-0.15, -0.1) is 0 Å². The molecular formula is C9H9FO2. The molecule has 0 heterocycles.